The number of piperazine rings is 1. The Bertz CT molecular complexity index is 1410. The van der Waals surface area contributed by atoms with Gasteiger partial charge < -0.3 is 14.4 Å². The van der Waals surface area contributed by atoms with Crippen LogP contribution in [0.15, 0.2) is 58.8 Å². The number of ether oxygens (including phenoxy) is 2. The topological polar surface area (TPSA) is 70.5 Å². The highest BCUT2D eigenvalue weighted by molar-refractivity contribution is 7.22. The molecule has 1 saturated heterocycles. The number of aromatic nitrogens is 1. The average molecular weight is 530 g/mol. The van der Waals surface area contributed by atoms with Gasteiger partial charge in [-0.25, -0.2) is 4.98 Å². The maximum absolute atomic E-state index is 14.0. The van der Waals surface area contributed by atoms with Gasteiger partial charge in [0, 0.05) is 38.4 Å². The lowest BCUT2D eigenvalue weighted by Gasteiger charge is -2.37. The molecule has 0 unspecified atom stereocenters. The number of halogens is 3. The zero-order valence-electron chi connectivity index (χ0n) is 19.8. The predicted octanol–water partition coefficient (Wildman–Crippen LogP) is 4.38. The van der Waals surface area contributed by atoms with E-state index in [2.05, 4.69) is 15.0 Å². The molecule has 0 radical (unpaired) electrons. The Morgan fingerprint density at radius 1 is 1.05 bits per heavy atom. The van der Waals surface area contributed by atoms with E-state index >= 15 is 0 Å². The van der Waals surface area contributed by atoms with Gasteiger partial charge in [0.05, 0.1) is 15.8 Å². The molecule has 3 aromatic rings. The molecule has 0 bridgehead atoms. The van der Waals surface area contributed by atoms with Gasteiger partial charge in [-0.15, -0.1) is 0 Å². The molecule has 1 fully saturated rings. The van der Waals surface area contributed by atoms with Crippen molar-refractivity contribution >= 4 is 38.3 Å². The van der Waals surface area contributed by atoms with E-state index in [9.17, 15) is 18.0 Å². The van der Waals surface area contributed by atoms with Crippen molar-refractivity contribution in [1.82, 2.24) is 14.8 Å². The van der Waals surface area contributed by atoms with Gasteiger partial charge in [-0.1, -0.05) is 29.5 Å². The Hall–Kier alpha value is -3.64. The van der Waals surface area contributed by atoms with E-state index in [1.54, 1.807) is 25.1 Å². The number of fused-ring (bicyclic) bond motifs is 2. The molecular formula is C25H22F3N5O3S. The number of amides is 1. The summed E-state index contributed by atoms with van der Waals surface area (Å²) >= 11 is 1.13. The maximum atomic E-state index is 14.0. The fourth-order valence-electron chi connectivity index (χ4n) is 4.70. The second-order valence-corrected chi connectivity index (χ2v) is 9.95. The Kier molecular flexibility index (Phi) is 5.80. The van der Waals surface area contributed by atoms with Gasteiger partial charge in [0.2, 0.25) is 11.9 Å². The number of para-hydroxylation sites is 1. The van der Waals surface area contributed by atoms with Crippen LogP contribution in [0.5, 0.6) is 11.5 Å². The number of hydrazone groups is 1. The van der Waals surface area contributed by atoms with Crippen LogP contribution >= 0.6 is 11.3 Å². The van der Waals surface area contributed by atoms with E-state index in [1.165, 1.54) is 0 Å². The Morgan fingerprint density at radius 2 is 1.81 bits per heavy atom. The van der Waals surface area contributed by atoms with E-state index < -0.39 is 23.4 Å². The third-order valence-corrected chi connectivity index (χ3v) is 7.64. The number of hydrogen-bond donors (Lipinski definition) is 0. The second-order valence-electron chi connectivity index (χ2n) is 8.94. The number of carbonyl (C=O) groups excluding carboxylic acids is 1. The molecule has 12 heteroatoms. The Balaban J connectivity index is 1.21. The summed E-state index contributed by atoms with van der Waals surface area (Å²) in [5.41, 5.74) is 0.337. The van der Waals surface area contributed by atoms with Gasteiger partial charge in [-0.2, -0.15) is 23.3 Å². The molecule has 4 heterocycles. The predicted molar refractivity (Wildman–Crippen MR) is 133 cm³/mol. The summed E-state index contributed by atoms with van der Waals surface area (Å²) in [5, 5.41) is 4.60. The van der Waals surface area contributed by atoms with Crippen molar-refractivity contribution in [2.24, 2.45) is 5.10 Å². The van der Waals surface area contributed by atoms with Crippen LogP contribution in [0.25, 0.3) is 10.2 Å². The third kappa shape index (κ3) is 4.40. The molecule has 3 aliphatic heterocycles. The fourth-order valence-corrected chi connectivity index (χ4v) is 5.62. The standard InChI is InChI=1S/C25H22F3N5O3S/c1-15(32-10-8-31(9-11-32)13-16-6-7-18-19(12-16)36-14-35-18)21-22(25(26,27)28)30-33(23(21)34)24-29-17-4-2-3-5-20(17)37-24/h2-7,12H,8-11,13-14H2,1H3. The quantitative estimate of drug-likeness (QED) is 0.468. The molecule has 1 aromatic heterocycles. The van der Waals surface area contributed by atoms with Gasteiger partial charge in [0.15, 0.2) is 17.2 Å². The molecule has 6 rings (SSSR count). The zero-order valence-corrected chi connectivity index (χ0v) is 20.6. The number of carbonyl (C=O) groups is 1. The molecule has 192 valence electrons. The van der Waals surface area contributed by atoms with Gasteiger partial charge in [0.1, 0.15) is 0 Å². The number of thiazole rings is 1. The van der Waals surface area contributed by atoms with Crippen LogP contribution in [-0.2, 0) is 11.3 Å². The van der Waals surface area contributed by atoms with Crippen molar-refractivity contribution in [1.29, 1.82) is 0 Å². The van der Waals surface area contributed by atoms with Crippen LogP contribution in [0.3, 0.4) is 0 Å². The Morgan fingerprint density at radius 3 is 2.57 bits per heavy atom. The highest BCUT2D eigenvalue weighted by Crippen LogP contribution is 2.37. The monoisotopic (exact) mass is 529 g/mol. The first-order valence-electron chi connectivity index (χ1n) is 11.7. The number of rotatable bonds is 4. The first-order chi connectivity index (χ1) is 17.8. The normalized spacial score (nSPS) is 19.7. The maximum Gasteiger partial charge on any atom is 0.436 e. The molecule has 0 N–H and O–H groups in total. The lowest BCUT2D eigenvalue weighted by atomic mass is 10.1. The molecule has 2 aromatic carbocycles. The van der Waals surface area contributed by atoms with E-state index in [-0.39, 0.29) is 17.6 Å². The number of hydrogen-bond acceptors (Lipinski definition) is 8. The molecule has 8 nitrogen and oxygen atoms in total. The van der Waals surface area contributed by atoms with Crippen LogP contribution in [0.2, 0.25) is 0 Å². The second kappa shape index (κ2) is 9.03. The molecule has 0 atom stereocenters. The molecule has 3 aliphatic rings. The van der Waals surface area contributed by atoms with E-state index in [0.717, 1.165) is 32.4 Å². The molecule has 0 spiro atoms. The molecular weight excluding hydrogens is 507 g/mol. The SMILES string of the molecule is CC(=C1C(=O)N(c2nc3ccccc3s2)N=C1C(F)(F)F)N1CCN(Cc2ccc3c(c2)OCO3)CC1. The van der Waals surface area contributed by atoms with Crippen molar-refractivity contribution in [2.45, 2.75) is 19.6 Å². The highest BCUT2D eigenvalue weighted by atomic mass is 32.1. The summed E-state index contributed by atoms with van der Waals surface area (Å²) in [6, 6.07) is 12.9. The van der Waals surface area contributed by atoms with Crippen LogP contribution in [0, 0.1) is 0 Å². The first-order valence-corrected chi connectivity index (χ1v) is 12.5. The van der Waals surface area contributed by atoms with E-state index in [4.69, 9.17) is 9.47 Å². The zero-order chi connectivity index (χ0) is 25.7. The fraction of sp³-hybridized carbons (Fsp3) is 0.320. The smallest absolute Gasteiger partial charge is 0.436 e. The summed E-state index contributed by atoms with van der Waals surface area (Å²) in [5.74, 6) is 0.624. The van der Waals surface area contributed by atoms with E-state index in [0.29, 0.717) is 44.0 Å². The highest BCUT2D eigenvalue weighted by Gasteiger charge is 2.49. The average Bonchev–Trinajstić information content (AvgIpc) is 3.60. The van der Waals surface area contributed by atoms with Gasteiger partial charge in [-0.3, -0.25) is 9.69 Å². The van der Waals surface area contributed by atoms with Crippen LogP contribution in [0.4, 0.5) is 18.3 Å². The number of nitrogens with zero attached hydrogens (tertiary/aromatic N) is 5. The van der Waals surface area contributed by atoms with Crippen LogP contribution in [-0.4, -0.2) is 65.6 Å². The minimum Gasteiger partial charge on any atom is -0.454 e. The van der Waals surface area contributed by atoms with Gasteiger partial charge >= 0.3 is 6.18 Å². The van der Waals surface area contributed by atoms with Crippen molar-refractivity contribution < 1.29 is 27.4 Å². The first kappa shape index (κ1) is 23.7. The summed E-state index contributed by atoms with van der Waals surface area (Å²) in [6.45, 7) is 4.69. The largest absolute Gasteiger partial charge is 0.454 e. The summed E-state index contributed by atoms with van der Waals surface area (Å²) in [7, 11) is 0. The van der Waals surface area contributed by atoms with Gasteiger partial charge in [-0.05, 0) is 36.8 Å². The lowest BCUT2D eigenvalue weighted by Crippen LogP contribution is -2.46. The molecule has 37 heavy (non-hydrogen) atoms. The number of benzene rings is 2. The number of allylic oxidation sites excluding steroid dienone is 1. The summed E-state index contributed by atoms with van der Waals surface area (Å²) < 4.78 is 53.6. The Labute approximate surface area is 214 Å². The van der Waals surface area contributed by atoms with Crippen molar-refractivity contribution in [2.75, 3.05) is 38.0 Å². The van der Waals surface area contributed by atoms with Crippen molar-refractivity contribution in [3.05, 3.63) is 59.3 Å². The third-order valence-electron chi connectivity index (χ3n) is 6.63. The van der Waals surface area contributed by atoms with Crippen molar-refractivity contribution in [3.8, 4) is 11.5 Å². The molecule has 1 amide bonds. The van der Waals surface area contributed by atoms with Gasteiger partial charge in [0.25, 0.3) is 5.91 Å². The van der Waals surface area contributed by atoms with Crippen LogP contribution in [0.1, 0.15) is 12.5 Å². The number of alkyl halides is 3. The summed E-state index contributed by atoms with van der Waals surface area (Å²) in [4.78, 5) is 21.7. The molecule has 0 aliphatic carbocycles. The van der Waals surface area contributed by atoms with E-state index in [1.807, 2.05) is 29.2 Å². The number of anilines is 1. The van der Waals surface area contributed by atoms with Crippen LogP contribution < -0.4 is 14.5 Å². The molecule has 0 saturated carbocycles. The lowest BCUT2D eigenvalue weighted by molar-refractivity contribution is -0.114. The summed E-state index contributed by atoms with van der Waals surface area (Å²) in [6.07, 6.45) is -4.78. The minimum absolute atomic E-state index is 0.115. The minimum atomic E-state index is -4.78. The van der Waals surface area contributed by atoms with Crippen molar-refractivity contribution in [3.63, 3.8) is 0 Å².